The summed E-state index contributed by atoms with van der Waals surface area (Å²) in [4.78, 5) is 12.7. The second kappa shape index (κ2) is 7.01. The van der Waals surface area contributed by atoms with Crippen LogP contribution in [-0.4, -0.2) is 22.4 Å². The summed E-state index contributed by atoms with van der Waals surface area (Å²) in [6.45, 7) is 0. The van der Waals surface area contributed by atoms with Gasteiger partial charge in [0.25, 0.3) is 5.22 Å². The zero-order chi connectivity index (χ0) is 17.9. The van der Waals surface area contributed by atoms with E-state index in [9.17, 15) is 4.79 Å². The van der Waals surface area contributed by atoms with E-state index in [-0.39, 0.29) is 10.3 Å². The van der Waals surface area contributed by atoms with Crippen LogP contribution in [0.15, 0.2) is 76.4 Å². The first kappa shape index (κ1) is 16.4. The van der Waals surface area contributed by atoms with Crippen LogP contribution in [0.5, 0.6) is 5.75 Å². The first-order valence-corrected chi connectivity index (χ1v) is 8.74. The van der Waals surface area contributed by atoms with Gasteiger partial charge in [0.05, 0.1) is 7.11 Å². The molecule has 0 spiro atoms. The van der Waals surface area contributed by atoms with E-state index in [1.807, 2.05) is 54.6 Å². The number of carbonyl (C=O) groups excluding carboxylic acids is 1. The predicted octanol–water partition coefficient (Wildman–Crippen LogP) is 4.83. The van der Waals surface area contributed by atoms with Gasteiger partial charge < -0.3 is 9.15 Å². The topological polar surface area (TPSA) is 65.2 Å². The lowest BCUT2D eigenvalue weighted by Gasteiger charge is -2.03. The second-order valence-electron chi connectivity index (χ2n) is 5.52. The van der Waals surface area contributed by atoms with Crippen molar-refractivity contribution < 1.29 is 13.9 Å². The molecule has 128 valence electrons. The van der Waals surface area contributed by atoms with Crippen molar-refractivity contribution in [1.82, 2.24) is 10.2 Å². The zero-order valence-corrected chi connectivity index (χ0v) is 14.7. The molecule has 4 aromatic rings. The number of methoxy groups -OCH3 is 1. The molecule has 1 aromatic heterocycles. The van der Waals surface area contributed by atoms with Gasteiger partial charge in [0.15, 0.2) is 0 Å². The maximum atomic E-state index is 12.7. The van der Waals surface area contributed by atoms with E-state index in [1.165, 1.54) is 0 Å². The van der Waals surface area contributed by atoms with Crippen molar-refractivity contribution in [3.05, 3.63) is 72.3 Å². The fourth-order valence-corrected chi connectivity index (χ4v) is 3.31. The highest BCUT2D eigenvalue weighted by Crippen LogP contribution is 2.29. The third kappa shape index (κ3) is 3.19. The molecule has 0 radical (unpaired) electrons. The summed E-state index contributed by atoms with van der Waals surface area (Å²) in [7, 11) is 1.59. The van der Waals surface area contributed by atoms with Crippen molar-refractivity contribution in [2.24, 2.45) is 0 Å². The van der Waals surface area contributed by atoms with Gasteiger partial charge in [-0.2, -0.15) is 0 Å². The van der Waals surface area contributed by atoms with E-state index < -0.39 is 0 Å². The van der Waals surface area contributed by atoms with Crippen LogP contribution in [0, 0.1) is 0 Å². The van der Waals surface area contributed by atoms with Crippen LogP contribution < -0.4 is 4.74 Å². The molecule has 0 bridgehead atoms. The molecule has 0 amide bonds. The molecular weight excluding hydrogens is 348 g/mol. The summed E-state index contributed by atoms with van der Waals surface area (Å²) >= 11 is 0.927. The minimum absolute atomic E-state index is 0.136. The van der Waals surface area contributed by atoms with E-state index >= 15 is 0 Å². The van der Waals surface area contributed by atoms with Gasteiger partial charge in [-0.3, -0.25) is 4.79 Å². The van der Waals surface area contributed by atoms with Crippen LogP contribution in [0.3, 0.4) is 0 Å². The standard InChI is InChI=1S/C20H14N2O3S/c1-24-15-9-4-8-14(12-15)18-21-22-20(25-18)26-19(23)17-11-5-7-13-6-2-3-10-16(13)17/h2-12H,1H3. The highest BCUT2D eigenvalue weighted by atomic mass is 32.2. The number of fused-ring (bicyclic) bond motifs is 1. The van der Waals surface area contributed by atoms with Crippen LogP contribution >= 0.6 is 11.8 Å². The summed E-state index contributed by atoms with van der Waals surface area (Å²) < 4.78 is 10.8. The molecule has 4 rings (SSSR count). The van der Waals surface area contributed by atoms with E-state index in [4.69, 9.17) is 9.15 Å². The Morgan fingerprint density at radius 2 is 1.81 bits per heavy atom. The molecule has 0 saturated heterocycles. The zero-order valence-electron chi connectivity index (χ0n) is 13.9. The first-order chi connectivity index (χ1) is 12.7. The summed E-state index contributed by atoms with van der Waals surface area (Å²) in [5.74, 6) is 1.04. The van der Waals surface area contributed by atoms with E-state index in [0.29, 0.717) is 17.2 Å². The quantitative estimate of drug-likeness (QED) is 0.485. The lowest BCUT2D eigenvalue weighted by molar-refractivity contribution is 0.108. The van der Waals surface area contributed by atoms with Crippen molar-refractivity contribution in [2.75, 3.05) is 7.11 Å². The Morgan fingerprint density at radius 3 is 2.69 bits per heavy atom. The first-order valence-electron chi connectivity index (χ1n) is 7.92. The van der Waals surface area contributed by atoms with Gasteiger partial charge in [-0.15, -0.1) is 10.2 Å². The predicted molar refractivity (Wildman–Crippen MR) is 100 cm³/mol. The maximum absolute atomic E-state index is 12.7. The van der Waals surface area contributed by atoms with Crippen molar-refractivity contribution in [3.8, 4) is 17.2 Å². The third-order valence-corrected chi connectivity index (χ3v) is 4.66. The Bertz CT molecular complexity index is 1090. The number of hydrogen-bond donors (Lipinski definition) is 0. The van der Waals surface area contributed by atoms with Crippen LogP contribution in [0.4, 0.5) is 0 Å². The largest absolute Gasteiger partial charge is 0.497 e. The number of hydrogen-bond acceptors (Lipinski definition) is 6. The SMILES string of the molecule is COc1cccc(-c2nnc(SC(=O)c3cccc4ccccc34)o2)c1. The number of aromatic nitrogens is 2. The van der Waals surface area contributed by atoms with E-state index in [2.05, 4.69) is 10.2 Å². The van der Waals surface area contributed by atoms with Gasteiger partial charge in [0.1, 0.15) is 5.75 Å². The monoisotopic (exact) mass is 362 g/mol. The normalized spacial score (nSPS) is 10.8. The van der Waals surface area contributed by atoms with Gasteiger partial charge in [0.2, 0.25) is 11.0 Å². The molecule has 0 aliphatic rings. The second-order valence-corrected chi connectivity index (χ2v) is 6.45. The fraction of sp³-hybridized carbons (Fsp3) is 0.0500. The van der Waals surface area contributed by atoms with Crippen LogP contribution in [0.25, 0.3) is 22.2 Å². The third-order valence-electron chi connectivity index (χ3n) is 3.91. The van der Waals surface area contributed by atoms with E-state index in [1.54, 1.807) is 19.2 Å². The molecular formula is C20H14N2O3S. The molecule has 0 N–H and O–H groups in total. The van der Waals surface area contributed by atoms with Crippen LogP contribution in [-0.2, 0) is 0 Å². The molecule has 26 heavy (non-hydrogen) atoms. The van der Waals surface area contributed by atoms with Crippen molar-refractivity contribution in [1.29, 1.82) is 0 Å². The summed E-state index contributed by atoms with van der Waals surface area (Å²) in [5, 5.41) is 9.99. The lowest BCUT2D eigenvalue weighted by Crippen LogP contribution is -1.94. The van der Waals surface area contributed by atoms with E-state index in [0.717, 1.165) is 28.1 Å². The number of rotatable bonds is 4. The Labute approximate surface area is 154 Å². The summed E-state index contributed by atoms with van der Waals surface area (Å²) in [6.07, 6.45) is 0. The molecule has 0 aliphatic carbocycles. The molecule has 1 heterocycles. The Balaban J connectivity index is 1.60. The van der Waals surface area contributed by atoms with Crippen LogP contribution in [0.2, 0.25) is 0 Å². The van der Waals surface area contributed by atoms with Gasteiger partial charge in [-0.25, -0.2) is 0 Å². The van der Waals surface area contributed by atoms with Crippen molar-refractivity contribution in [2.45, 2.75) is 5.22 Å². The molecule has 0 atom stereocenters. The Kier molecular flexibility index (Phi) is 4.41. The molecule has 0 unspecified atom stereocenters. The minimum Gasteiger partial charge on any atom is -0.497 e. The summed E-state index contributed by atoms with van der Waals surface area (Å²) in [6, 6.07) is 20.7. The molecule has 6 heteroatoms. The average molecular weight is 362 g/mol. The number of benzene rings is 3. The number of nitrogens with zero attached hydrogens (tertiary/aromatic N) is 2. The van der Waals surface area contributed by atoms with Gasteiger partial charge in [0, 0.05) is 22.9 Å². The average Bonchev–Trinajstić information content (AvgIpc) is 3.16. The number of thioether (sulfide) groups is 1. The molecule has 0 aliphatic heterocycles. The van der Waals surface area contributed by atoms with Crippen molar-refractivity contribution >= 4 is 27.6 Å². The molecule has 5 nitrogen and oxygen atoms in total. The number of ether oxygens (including phenoxy) is 1. The molecule has 3 aromatic carbocycles. The molecule has 0 fully saturated rings. The molecule has 0 saturated carbocycles. The Hall–Kier alpha value is -3.12. The van der Waals surface area contributed by atoms with Crippen molar-refractivity contribution in [3.63, 3.8) is 0 Å². The fourth-order valence-electron chi connectivity index (χ4n) is 2.66. The number of carbonyl (C=O) groups is 1. The minimum atomic E-state index is -0.136. The smallest absolute Gasteiger partial charge is 0.284 e. The lowest BCUT2D eigenvalue weighted by atomic mass is 10.1. The van der Waals surface area contributed by atoms with Crippen LogP contribution in [0.1, 0.15) is 10.4 Å². The van der Waals surface area contributed by atoms with Gasteiger partial charge >= 0.3 is 0 Å². The van der Waals surface area contributed by atoms with Gasteiger partial charge in [-0.05, 0) is 35.0 Å². The highest BCUT2D eigenvalue weighted by molar-refractivity contribution is 8.14. The van der Waals surface area contributed by atoms with Gasteiger partial charge in [-0.1, -0.05) is 42.5 Å². The highest BCUT2D eigenvalue weighted by Gasteiger charge is 2.17. The summed E-state index contributed by atoms with van der Waals surface area (Å²) in [5.41, 5.74) is 1.36. The Morgan fingerprint density at radius 1 is 1.00 bits per heavy atom. The maximum Gasteiger partial charge on any atom is 0.284 e.